The third-order valence-electron chi connectivity index (χ3n) is 2.45. The van der Waals surface area contributed by atoms with Gasteiger partial charge in [0.05, 0.1) is 30.7 Å². The highest BCUT2D eigenvalue weighted by atomic mass is 16.4. The van der Waals surface area contributed by atoms with Crippen molar-refractivity contribution in [1.82, 2.24) is 4.90 Å². The number of carbonyl (C=O) groups is 1. The van der Waals surface area contributed by atoms with E-state index in [1.807, 2.05) is 6.07 Å². The second kappa shape index (κ2) is 3.62. The van der Waals surface area contributed by atoms with Crippen LogP contribution in [0.4, 0.5) is 4.79 Å². The summed E-state index contributed by atoms with van der Waals surface area (Å²) in [5.74, 6) is 0. The molecular weight excluding hydrogens is 172 g/mol. The number of nitriles is 1. The Balaban J connectivity index is 2.75. The highest BCUT2D eigenvalue weighted by Crippen LogP contribution is 2.26. The van der Waals surface area contributed by atoms with Crippen molar-refractivity contribution in [3.05, 3.63) is 0 Å². The minimum Gasteiger partial charge on any atom is -0.465 e. The summed E-state index contributed by atoms with van der Waals surface area (Å²) < 4.78 is 0. The van der Waals surface area contributed by atoms with Crippen molar-refractivity contribution in [1.29, 1.82) is 5.26 Å². The molecule has 0 radical (unpaired) electrons. The highest BCUT2D eigenvalue weighted by molar-refractivity contribution is 5.66. The van der Waals surface area contributed by atoms with Crippen LogP contribution in [-0.4, -0.2) is 39.4 Å². The maximum atomic E-state index is 10.7. The van der Waals surface area contributed by atoms with Crippen LogP contribution in [0.2, 0.25) is 0 Å². The lowest BCUT2D eigenvalue weighted by atomic mass is 10.1. The quantitative estimate of drug-likeness (QED) is 0.617. The average molecular weight is 184 g/mol. The van der Waals surface area contributed by atoms with Gasteiger partial charge in [0.15, 0.2) is 0 Å². The largest absolute Gasteiger partial charge is 0.465 e. The fraction of sp³-hybridized carbons (Fsp3) is 0.750. The molecule has 1 heterocycles. The molecule has 1 aliphatic rings. The molecule has 1 saturated heterocycles. The molecule has 5 heteroatoms. The molecule has 0 aromatic heterocycles. The van der Waals surface area contributed by atoms with Crippen LogP contribution in [0.1, 0.15) is 19.8 Å². The van der Waals surface area contributed by atoms with Crippen LogP contribution < -0.4 is 0 Å². The predicted molar refractivity (Wildman–Crippen MR) is 44.0 cm³/mol. The number of nitrogens with zero attached hydrogens (tertiary/aromatic N) is 2. The van der Waals surface area contributed by atoms with Crippen molar-refractivity contribution in [2.75, 3.05) is 0 Å². The average Bonchev–Trinajstić information content (AvgIpc) is 2.28. The number of amides is 1. The van der Waals surface area contributed by atoms with Gasteiger partial charge < -0.3 is 10.2 Å². The zero-order valence-corrected chi connectivity index (χ0v) is 7.34. The summed E-state index contributed by atoms with van der Waals surface area (Å²) in [7, 11) is 0. The van der Waals surface area contributed by atoms with Gasteiger partial charge in [0.25, 0.3) is 0 Å². The van der Waals surface area contributed by atoms with Gasteiger partial charge in [-0.1, -0.05) is 0 Å². The fourth-order valence-electron chi connectivity index (χ4n) is 1.72. The van der Waals surface area contributed by atoms with Crippen LogP contribution >= 0.6 is 0 Å². The summed E-state index contributed by atoms with van der Waals surface area (Å²) in [6.07, 6.45) is -1.20. The number of likely N-dealkylation sites (tertiary alicyclic amines) is 1. The van der Waals surface area contributed by atoms with Gasteiger partial charge in [-0.3, -0.25) is 4.90 Å². The van der Waals surface area contributed by atoms with Crippen LogP contribution in [0, 0.1) is 11.3 Å². The lowest BCUT2D eigenvalue weighted by Crippen LogP contribution is -2.40. The fourth-order valence-corrected chi connectivity index (χ4v) is 1.72. The second-order valence-corrected chi connectivity index (χ2v) is 3.25. The molecule has 1 fully saturated rings. The van der Waals surface area contributed by atoms with Gasteiger partial charge in [-0.05, 0) is 13.3 Å². The SMILES string of the molecule is C[C@H]1[C@H](O)C[C@@H](CC#N)N1C(=O)O. The first-order valence-corrected chi connectivity index (χ1v) is 4.14. The Morgan fingerprint density at radius 2 is 2.38 bits per heavy atom. The van der Waals surface area contributed by atoms with E-state index in [2.05, 4.69) is 0 Å². The van der Waals surface area contributed by atoms with E-state index in [9.17, 15) is 9.90 Å². The van der Waals surface area contributed by atoms with Crippen molar-refractivity contribution >= 4 is 6.09 Å². The van der Waals surface area contributed by atoms with E-state index in [4.69, 9.17) is 10.4 Å². The van der Waals surface area contributed by atoms with Crippen LogP contribution in [0.25, 0.3) is 0 Å². The lowest BCUT2D eigenvalue weighted by Gasteiger charge is -2.23. The van der Waals surface area contributed by atoms with E-state index in [0.29, 0.717) is 6.42 Å². The molecule has 72 valence electrons. The van der Waals surface area contributed by atoms with Gasteiger partial charge in [0.2, 0.25) is 0 Å². The molecule has 2 N–H and O–H groups in total. The second-order valence-electron chi connectivity index (χ2n) is 3.25. The lowest BCUT2D eigenvalue weighted by molar-refractivity contribution is 0.100. The Kier molecular flexibility index (Phi) is 2.73. The Bertz CT molecular complexity index is 248. The number of aliphatic hydroxyl groups is 1. The molecule has 0 spiro atoms. The Morgan fingerprint density at radius 3 is 2.85 bits per heavy atom. The molecule has 0 aliphatic carbocycles. The number of hydrogen-bond acceptors (Lipinski definition) is 3. The molecule has 0 aromatic rings. The number of aliphatic hydroxyl groups excluding tert-OH is 1. The van der Waals surface area contributed by atoms with Gasteiger partial charge in [-0.25, -0.2) is 4.79 Å². The summed E-state index contributed by atoms with van der Waals surface area (Å²) in [5, 5.41) is 26.7. The van der Waals surface area contributed by atoms with Gasteiger partial charge in [0, 0.05) is 0 Å². The van der Waals surface area contributed by atoms with Gasteiger partial charge in [-0.2, -0.15) is 5.26 Å². The summed E-state index contributed by atoms with van der Waals surface area (Å²) in [6, 6.07) is 1.16. The Labute approximate surface area is 76.2 Å². The maximum absolute atomic E-state index is 10.7. The summed E-state index contributed by atoms with van der Waals surface area (Å²) in [6.45, 7) is 1.65. The molecule has 1 aliphatic heterocycles. The van der Waals surface area contributed by atoms with Gasteiger partial charge in [0.1, 0.15) is 0 Å². The summed E-state index contributed by atoms with van der Waals surface area (Å²) >= 11 is 0. The summed E-state index contributed by atoms with van der Waals surface area (Å²) in [5.41, 5.74) is 0. The molecule has 0 bridgehead atoms. The van der Waals surface area contributed by atoms with E-state index in [0.717, 1.165) is 4.90 Å². The standard InChI is InChI=1S/C8H12N2O3/c1-5-7(11)4-6(2-3-9)10(5)8(12)13/h5-7,11H,2,4H2,1H3,(H,12,13)/t5-,6+,7+/m0/s1. The van der Waals surface area contributed by atoms with Crippen molar-refractivity contribution in [3.8, 4) is 6.07 Å². The van der Waals surface area contributed by atoms with Crippen molar-refractivity contribution in [3.63, 3.8) is 0 Å². The van der Waals surface area contributed by atoms with Crippen LogP contribution in [0.15, 0.2) is 0 Å². The van der Waals surface area contributed by atoms with E-state index >= 15 is 0 Å². The Hall–Kier alpha value is -1.28. The monoisotopic (exact) mass is 184 g/mol. The van der Waals surface area contributed by atoms with E-state index in [1.54, 1.807) is 6.92 Å². The molecule has 0 saturated carbocycles. The Morgan fingerprint density at radius 1 is 1.77 bits per heavy atom. The molecule has 3 atom stereocenters. The normalized spacial score (nSPS) is 33.0. The molecule has 13 heavy (non-hydrogen) atoms. The van der Waals surface area contributed by atoms with Crippen molar-refractivity contribution in [2.24, 2.45) is 0 Å². The zero-order valence-electron chi connectivity index (χ0n) is 7.34. The maximum Gasteiger partial charge on any atom is 0.407 e. The molecule has 0 unspecified atom stereocenters. The smallest absolute Gasteiger partial charge is 0.407 e. The van der Waals surface area contributed by atoms with Crippen LogP contribution in [0.5, 0.6) is 0 Å². The van der Waals surface area contributed by atoms with Crippen molar-refractivity contribution < 1.29 is 15.0 Å². The van der Waals surface area contributed by atoms with Gasteiger partial charge in [-0.15, -0.1) is 0 Å². The first-order chi connectivity index (χ1) is 6.07. The zero-order chi connectivity index (χ0) is 10.0. The third kappa shape index (κ3) is 1.73. The van der Waals surface area contributed by atoms with E-state index < -0.39 is 18.2 Å². The first kappa shape index (κ1) is 9.81. The molecule has 0 aromatic carbocycles. The molecule has 1 amide bonds. The minimum atomic E-state index is -1.07. The highest BCUT2D eigenvalue weighted by Gasteiger charge is 2.40. The summed E-state index contributed by atoms with van der Waals surface area (Å²) in [4.78, 5) is 11.9. The van der Waals surface area contributed by atoms with Crippen LogP contribution in [-0.2, 0) is 0 Å². The molecule has 5 nitrogen and oxygen atoms in total. The topological polar surface area (TPSA) is 84.6 Å². The predicted octanol–water partition coefficient (Wildman–Crippen LogP) is 0.402. The first-order valence-electron chi connectivity index (χ1n) is 4.14. The minimum absolute atomic E-state index is 0.147. The van der Waals surface area contributed by atoms with E-state index in [-0.39, 0.29) is 12.5 Å². The number of carboxylic acid groups (broad SMARTS) is 1. The van der Waals surface area contributed by atoms with Crippen molar-refractivity contribution in [2.45, 2.75) is 38.0 Å². The van der Waals surface area contributed by atoms with Crippen LogP contribution in [0.3, 0.4) is 0 Å². The number of hydrogen-bond donors (Lipinski definition) is 2. The number of rotatable bonds is 1. The molecular formula is C8H12N2O3. The van der Waals surface area contributed by atoms with E-state index in [1.165, 1.54) is 0 Å². The third-order valence-corrected chi connectivity index (χ3v) is 2.45. The molecule has 1 rings (SSSR count). The van der Waals surface area contributed by atoms with Gasteiger partial charge >= 0.3 is 6.09 Å².